The molecule has 2 amide bonds. The topological polar surface area (TPSA) is 98.5 Å². The minimum absolute atomic E-state index is 0.152. The highest BCUT2D eigenvalue weighted by atomic mass is 32.1. The van der Waals surface area contributed by atoms with Crippen LogP contribution < -0.4 is 11.1 Å². The molecule has 0 saturated heterocycles. The summed E-state index contributed by atoms with van der Waals surface area (Å²) >= 11 is 0.960. The molecular formula is C20H22N2O4S. The molecular weight excluding hydrogens is 364 g/mol. The smallest absolute Gasteiger partial charge is 0.341 e. The van der Waals surface area contributed by atoms with Gasteiger partial charge in [0.15, 0.2) is 0 Å². The Morgan fingerprint density at radius 3 is 2.33 bits per heavy atom. The molecule has 1 aromatic heterocycles. The molecule has 0 atom stereocenters. The lowest BCUT2D eigenvalue weighted by Crippen LogP contribution is -2.16. The van der Waals surface area contributed by atoms with Crippen LogP contribution in [0.1, 0.15) is 50.6 Å². The normalized spacial score (nSPS) is 11.0. The van der Waals surface area contributed by atoms with E-state index in [9.17, 15) is 14.4 Å². The van der Waals surface area contributed by atoms with Gasteiger partial charge in [0.1, 0.15) is 5.00 Å². The summed E-state index contributed by atoms with van der Waals surface area (Å²) < 4.78 is 5.22. The molecule has 3 N–H and O–H groups in total. The number of anilines is 1. The number of thiophene rings is 1. The van der Waals surface area contributed by atoms with E-state index in [1.807, 2.05) is 31.2 Å². The zero-order valence-corrected chi connectivity index (χ0v) is 16.5. The quantitative estimate of drug-likeness (QED) is 0.584. The molecule has 0 bridgehead atoms. The summed E-state index contributed by atoms with van der Waals surface area (Å²) in [6.45, 7) is 7.02. The molecule has 0 radical (unpaired) electrons. The van der Waals surface area contributed by atoms with Gasteiger partial charge in [0.05, 0.1) is 16.5 Å². The predicted molar refractivity (Wildman–Crippen MR) is 107 cm³/mol. The lowest BCUT2D eigenvalue weighted by Gasteiger charge is -2.09. The highest BCUT2D eigenvalue weighted by molar-refractivity contribution is 7.18. The molecule has 7 heteroatoms. The Hall–Kier alpha value is -2.93. The molecule has 6 nitrogen and oxygen atoms in total. The van der Waals surface area contributed by atoms with Gasteiger partial charge in [-0.2, -0.15) is 0 Å². The average Bonchev–Trinajstić information content (AvgIpc) is 2.90. The van der Waals surface area contributed by atoms with Gasteiger partial charge >= 0.3 is 5.97 Å². The summed E-state index contributed by atoms with van der Waals surface area (Å²) in [6.07, 6.45) is 2.69. The van der Waals surface area contributed by atoms with Crippen molar-refractivity contribution in [3.8, 4) is 0 Å². The van der Waals surface area contributed by atoms with Gasteiger partial charge < -0.3 is 15.8 Å². The molecule has 0 aliphatic carbocycles. The summed E-state index contributed by atoms with van der Waals surface area (Å²) in [4.78, 5) is 36.5. The van der Waals surface area contributed by atoms with Gasteiger partial charge in [-0.1, -0.05) is 29.8 Å². The van der Waals surface area contributed by atoms with E-state index in [-0.39, 0.29) is 21.5 Å². The fourth-order valence-corrected chi connectivity index (χ4v) is 3.41. The van der Waals surface area contributed by atoms with E-state index in [1.165, 1.54) is 6.08 Å². The zero-order valence-electron chi connectivity index (χ0n) is 15.7. The number of amides is 2. The number of primary amides is 1. The summed E-state index contributed by atoms with van der Waals surface area (Å²) in [6, 6.07) is 7.68. The third-order valence-electron chi connectivity index (χ3n) is 3.66. The number of carbonyl (C=O) groups is 3. The van der Waals surface area contributed by atoms with Gasteiger partial charge in [-0.3, -0.25) is 9.59 Å². The molecule has 2 rings (SSSR count). The third-order valence-corrected chi connectivity index (χ3v) is 4.88. The van der Waals surface area contributed by atoms with Crippen LogP contribution in [0, 0.1) is 13.8 Å². The predicted octanol–water partition coefficient (Wildman–Crippen LogP) is 3.68. The van der Waals surface area contributed by atoms with Gasteiger partial charge in [-0.25, -0.2) is 4.79 Å². The Balaban J connectivity index is 2.26. The second kappa shape index (κ2) is 8.64. The summed E-state index contributed by atoms with van der Waals surface area (Å²) in [5.41, 5.74) is 7.91. The molecule has 0 unspecified atom stereocenters. The first-order valence-electron chi connectivity index (χ1n) is 8.39. The summed E-state index contributed by atoms with van der Waals surface area (Å²) in [7, 11) is 0. The van der Waals surface area contributed by atoms with Crippen LogP contribution in [-0.4, -0.2) is 23.9 Å². The Morgan fingerprint density at radius 2 is 1.78 bits per heavy atom. The molecule has 1 aromatic carbocycles. The van der Waals surface area contributed by atoms with E-state index in [1.54, 1.807) is 26.8 Å². The van der Waals surface area contributed by atoms with Crippen LogP contribution >= 0.6 is 11.3 Å². The molecule has 2 aromatic rings. The summed E-state index contributed by atoms with van der Waals surface area (Å²) in [5.74, 6) is -1.69. The number of esters is 1. The first kappa shape index (κ1) is 20.4. The fourth-order valence-electron chi connectivity index (χ4n) is 2.36. The maximum absolute atomic E-state index is 12.4. The number of hydrogen-bond acceptors (Lipinski definition) is 5. The SMILES string of the molecule is Cc1ccc(/C=C/C(=O)Nc2sc(C(N)=O)c(C)c2C(=O)OC(C)C)cc1. The molecule has 0 aliphatic heterocycles. The number of hydrogen-bond donors (Lipinski definition) is 2. The van der Waals surface area contributed by atoms with Crippen molar-refractivity contribution in [2.45, 2.75) is 33.8 Å². The van der Waals surface area contributed by atoms with Gasteiger partial charge in [-0.05, 0) is 44.9 Å². The monoisotopic (exact) mass is 386 g/mol. The Labute approximate surface area is 162 Å². The van der Waals surface area contributed by atoms with Crippen molar-refractivity contribution in [3.05, 3.63) is 57.5 Å². The van der Waals surface area contributed by atoms with Gasteiger partial charge in [0.25, 0.3) is 5.91 Å². The number of aryl methyl sites for hydroxylation is 1. The van der Waals surface area contributed by atoms with Crippen LogP contribution in [0.15, 0.2) is 30.3 Å². The highest BCUT2D eigenvalue weighted by Gasteiger charge is 2.26. The fraction of sp³-hybridized carbons (Fsp3) is 0.250. The maximum atomic E-state index is 12.4. The van der Waals surface area contributed by atoms with Crippen LogP contribution in [0.3, 0.4) is 0 Å². The van der Waals surface area contributed by atoms with E-state index < -0.39 is 17.8 Å². The number of nitrogens with one attached hydrogen (secondary N) is 1. The van der Waals surface area contributed by atoms with Crippen molar-refractivity contribution < 1.29 is 19.1 Å². The molecule has 0 spiro atoms. The van der Waals surface area contributed by atoms with E-state index in [0.29, 0.717) is 5.56 Å². The summed E-state index contributed by atoms with van der Waals surface area (Å²) in [5, 5.41) is 2.89. The highest BCUT2D eigenvalue weighted by Crippen LogP contribution is 2.33. The van der Waals surface area contributed by atoms with E-state index in [4.69, 9.17) is 10.5 Å². The Morgan fingerprint density at radius 1 is 1.15 bits per heavy atom. The Bertz CT molecular complexity index is 895. The lowest BCUT2D eigenvalue weighted by molar-refractivity contribution is -0.111. The number of ether oxygens (including phenoxy) is 1. The van der Waals surface area contributed by atoms with Crippen LogP contribution in [0.2, 0.25) is 0 Å². The van der Waals surface area contributed by atoms with E-state index in [0.717, 1.165) is 22.5 Å². The lowest BCUT2D eigenvalue weighted by atomic mass is 10.1. The second-order valence-corrected chi connectivity index (χ2v) is 7.33. The Kier molecular flexibility index (Phi) is 6.52. The first-order valence-corrected chi connectivity index (χ1v) is 9.20. The van der Waals surface area contributed by atoms with Gasteiger partial charge in [-0.15, -0.1) is 11.3 Å². The number of nitrogens with two attached hydrogens (primary N) is 1. The minimum atomic E-state index is -0.660. The average molecular weight is 386 g/mol. The van der Waals surface area contributed by atoms with Crippen LogP contribution in [0.5, 0.6) is 0 Å². The van der Waals surface area contributed by atoms with E-state index >= 15 is 0 Å². The second-order valence-electron chi connectivity index (χ2n) is 6.31. The minimum Gasteiger partial charge on any atom is -0.459 e. The first-order chi connectivity index (χ1) is 12.7. The molecule has 1 heterocycles. The van der Waals surface area contributed by atoms with E-state index in [2.05, 4.69) is 5.32 Å². The van der Waals surface area contributed by atoms with Crippen LogP contribution in [0.4, 0.5) is 5.00 Å². The van der Waals surface area contributed by atoms with Crippen LogP contribution in [0.25, 0.3) is 6.08 Å². The molecule has 142 valence electrons. The molecule has 27 heavy (non-hydrogen) atoms. The van der Waals surface area contributed by atoms with Crippen molar-refractivity contribution in [1.29, 1.82) is 0 Å². The van der Waals surface area contributed by atoms with Crippen molar-refractivity contribution in [2.24, 2.45) is 5.73 Å². The maximum Gasteiger partial charge on any atom is 0.341 e. The van der Waals surface area contributed by atoms with Crippen molar-refractivity contribution in [3.63, 3.8) is 0 Å². The number of benzene rings is 1. The van der Waals surface area contributed by atoms with Crippen molar-refractivity contribution in [2.75, 3.05) is 5.32 Å². The molecule has 0 aliphatic rings. The molecule has 0 saturated carbocycles. The third kappa shape index (κ3) is 5.27. The number of carbonyl (C=O) groups excluding carboxylic acids is 3. The van der Waals surface area contributed by atoms with Crippen molar-refractivity contribution >= 4 is 40.2 Å². The van der Waals surface area contributed by atoms with Gasteiger partial charge in [0.2, 0.25) is 5.91 Å². The van der Waals surface area contributed by atoms with Crippen molar-refractivity contribution in [1.82, 2.24) is 0 Å². The van der Waals surface area contributed by atoms with Crippen LogP contribution in [-0.2, 0) is 9.53 Å². The zero-order chi connectivity index (χ0) is 20.1. The van der Waals surface area contributed by atoms with Gasteiger partial charge in [0, 0.05) is 6.08 Å². The molecule has 0 fully saturated rings. The largest absolute Gasteiger partial charge is 0.459 e. The number of rotatable bonds is 6. The standard InChI is InChI=1S/C20H22N2O4S/c1-11(2)26-20(25)16-13(4)17(18(21)24)27-19(16)22-15(23)10-9-14-7-5-12(3)6-8-14/h5-11H,1-4H3,(H2,21,24)(H,22,23)/b10-9+.